The first kappa shape index (κ1) is 26.5. The zero-order valence-corrected chi connectivity index (χ0v) is 22.2. The highest BCUT2D eigenvalue weighted by Crippen LogP contribution is 2.35. The van der Waals surface area contributed by atoms with Crippen LogP contribution in [-0.4, -0.2) is 60.1 Å². The Morgan fingerprint density at radius 2 is 1.82 bits per heavy atom. The number of imidazole rings is 1. The SMILES string of the molecule is NC(=O)c1c(C(=O)NCCC2CC2)ncn1[C@H]1CC[C@H](C(=O)Nc2cc(N3CCOCC3)ccc2Cl)CC1. The number of carbonyl (C=O) groups is 3. The summed E-state index contributed by atoms with van der Waals surface area (Å²) in [7, 11) is 0. The van der Waals surface area contributed by atoms with Crippen molar-refractivity contribution >= 4 is 40.7 Å². The fourth-order valence-corrected chi connectivity index (χ4v) is 5.57. The molecule has 0 unspecified atom stereocenters. The molecule has 3 fully saturated rings. The maximum Gasteiger partial charge on any atom is 0.272 e. The van der Waals surface area contributed by atoms with E-state index in [9.17, 15) is 14.4 Å². The Morgan fingerprint density at radius 3 is 2.50 bits per heavy atom. The Labute approximate surface area is 227 Å². The summed E-state index contributed by atoms with van der Waals surface area (Å²) in [6.45, 7) is 3.51. The smallest absolute Gasteiger partial charge is 0.272 e. The Balaban J connectivity index is 1.19. The van der Waals surface area contributed by atoms with Crippen LogP contribution in [0.25, 0.3) is 0 Å². The third kappa shape index (κ3) is 6.13. The topological polar surface area (TPSA) is 132 Å². The van der Waals surface area contributed by atoms with E-state index in [1.165, 1.54) is 19.2 Å². The summed E-state index contributed by atoms with van der Waals surface area (Å²) >= 11 is 6.40. The van der Waals surface area contributed by atoms with Crippen molar-refractivity contribution in [3.8, 4) is 0 Å². The second-order valence-electron chi connectivity index (χ2n) is 10.5. The lowest BCUT2D eigenvalue weighted by Crippen LogP contribution is -2.36. The van der Waals surface area contributed by atoms with Crippen molar-refractivity contribution in [2.24, 2.45) is 17.6 Å². The van der Waals surface area contributed by atoms with Crippen LogP contribution in [0.5, 0.6) is 0 Å². The molecule has 0 atom stereocenters. The number of anilines is 2. The first-order valence-electron chi connectivity index (χ1n) is 13.5. The fourth-order valence-electron chi connectivity index (χ4n) is 5.41. The second kappa shape index (κ2) is 11.7. The number of hydrogen-bond donors (Lipinski definition) is 3. The summed E-state index contributed by atoms with van der Waals surface area (Å²) in [6.07, 6.45) is 7.49. The molecule has 1 aromatic carbocycles. The van der Waals surface area contributed by atoms with Crippen LogP contribution in [0.1, 0.15) is 72.0 Å². The van der Waals surface area contributed by atoms with Crippen LogP contribution < -0.4 is 21.3 Å². The van der Waals surface area contributed by atoms with Crippen LogP contribution in [0, 0.1) is 11.8 Å². The van der Waals surface area contributed by atoms with Crippen LogP contribution in [0.3, 0.4) is 0 Å². The minimum atomic E-state index is -0.676. The standard InChI is InChI=1S/C27H35ClN6O4/c28-21-8-7-20(33-11-13-38-14-12-33)15-22(21)32-26(36)18-3-5-19(6-4-18)34-16-31-23(24(34)25(29)35)27(37)30-10-9-17-1-2-17/h7-8,15-19H,1-6,9-14H2,(H2,29,35)(H,30,37)(H,32,36)/t18-,19-. The summed E-state index contributed by atoms with van der Waals surface area (Å²) in [5.74, 6) is -0.603. The van der Waals surface area contributed by atoms with Gasteiger partial charge in [-0.15, -0.1) is 0 Å². The van der Waals surface area contributed by atoms with E-state index in [4.69, 9.17) is 22.1 Å². The quantitative estimate of drug-likeness (QED) is 0.445. The number of halogens is 1. The van der Waals surface area contributed by atoms with Crippen LogP contribution in [0.15, 0.2) is 24.5 Å². The molecule has 204 valence electrons. The van der Waals surface area contributed by atoms with Crippen LogP contribution in [0.2, 0.25) is 5.02 Å². The largest absolute Gasteiger partial charge is 0.378 e. The monoisotopic (exact) mass is 542 g/mol. The normalized spacial score (nSPS) is 21.7. The zero-order chi connectivity index (χ0) is 26.6. The molecule has 1 aromatic heterocycles. The third-order valence-electron chi connectivity index (χ3n) is 7.82. The number of primary amides is 1. The van der Waals surface area contributed by atoms with E-state index < -0.39 is 5.91 Å². The maximum atomic E-state index is 13.1. The number of morpholine rings is 1. The van der Waals surface area contributed by atoms with Crippen molar-refractivity contribution in [2.45, 2.75) is 51.0 Å². The average Bonchev–Trinajstić information content (AvgIpc) is 3.64. The number of aromatic nitrogens is 2. The molecule has 0 spiro atoms. The number of carbonyl (C=O) groups excluding carboxylic acids is 3. The van der Waals surface area contributed by atoms with Crippen molar-refractivity contribution in [2.75, 3.05) is 43.1 Å². The summed E-state index contributed by atoms with van der Waals surface area (Å²) in [4.78, 5) is 44.5. The van der Waals surface area contributed by atoms with Crippen molar-refractivity contribution < 1.29 is 19.1 Å². The summed E-state index contributed by atoms with van der Waals surface area (Å²) < 4.78 is 7.15. The zero-order valence-electron chi connectivity index (χ0n) is 21.5. The molecule has 3 aliphatic rings. The van der Waals surface area contributed by atoms with Gasteiger partial charge in [-0.3, -0.25) is 14.4 Å². The van der Waals surface area contributed by atoms with Crippen LogP contribution in [0.4, 0.5) is 11.4 Å². The minimum absolute atomic E-state index is 0.0599. The molecular formula is C27H35ClN6O4. The van der Waals surface area contributed by atoms with Crippen molar-refractivity contribution in [1.29, 1.82) is 0 Å². The van der Waals surface area contributed by atoms with E-state index in [1.807, 2.05) is 18.2 Å². The molecule has 2 heterocycles. The average molecular weight is 543 g/mol. The molecule has 1 aliphatic heterocycles. The number of nitrogens with zero attached hydrogens (tertiary/aromatic N) is 3. The second-order valence-corrected chi connectivity index (χ2v) is 10.9. The number of rotatable bonds is 9. The molecule has 1 saturated heterocycles. The van der Waals surface area contributed by atoms with Gasteiger partial charge in [-0.05, 0) is 56.2 Å². The van der Waals surface area contributed by atoms with Gasteiger partial charge >= 0.3 is 0 Å². The van der Waals surface area contributed by atoms with E-state index in [0.717, 1.165) is 25.2 Å². The Kier molecular flexibility index (Phi) is 8.18. The van der Waals surface area contributed by atoms with E-state index in [-0.39, 0.29) is 35.2 Å². The lowest BCUT2D eigenvalue weighted by molar-refractivity contribution is -0.121. The van der Waals surface area contributed by atoms with Gasteiger partial charge in [0.25, 0.3) is 11.8 Å². The van der Waals surface area contributed by atoms with E-state index in [2.05, 4.69) is 20.5 Å². The van der Waals surface area contributed by atoms with Crippen LogP contribution in [-0.2, 0) is 9.53 Å². The number of nitrogens with two attached hydrogens (primary N) is 1. The number of amides is 3. The number of ether oxygens (including phenoxy) is 1. The number of benzene rings is 1. The van der Waals surface area contributed by atoms with Gasteiger partial charge in [0.1, 0.15) is 5.69 Å². The molecule has 10 nitrogen and oxygen atoms in total. The molecule has 0 radical (unpaired) electrons. The first-order valence-corrected chi connectivity index (χ1v) is 13.9. The summed E-state index contributed by atoms with van der Waals surface area (Å²) in [6, 6.07) is 5.62. The number of hydrogen-bond acceptors (Lipinski definition) is 6. The van der Waals surface area contributed by atoms with Gasteiger partial charge in [-0.25, -0.2) is 4.98 Å². The third-order valence-corrected chi connectivity index (χ3v) is 8.15. The molecule has 0 bridgehead atoms. The molecule has 2 saturated carbocycles. The molecule has 11 heteroatoms. The molecule has 2 aromatic rings. The lowest BCUT2D eigenvalue weighted by atomic mass is 9.85. The van der Waals surface area contributed by atoms with Crippen LogP contribution >= 0.6 is 11.6 Å². The highest BCUT2D eigenvalue weighted by Gasteiger charge is 2.32. The fraction of sp³-hybridized carbons (Fsp3) is 0.556. The Morgan fingerprint density at radius 1 is 1.08 bits per heavy atom. The van der Waals surface area contributed by atoms with E-state index >= 15 is 0 Å². The van der Waals surface area contributed by atoms with Gasteiger partial charge in [0.15, 0.2) is 5.69 Å². The van der Waals surface area contributed by atoms with Gasteiger partial charge in [0.05, 0.1) is 30.3 Å². The van der Waals surface area contributed by atoms with Crippen molar-refractivity contribution in [1.82, 2.24) is 14.9 Å². The first-order chi connectivity index (χ1) is 18.4. The van der Waals surface area contributed by atoms with E-state index in [1.54, 1.807) is 4.57 Å². The minimum Gasteiger partial charge on any atom is -0.378 e. The van der Waals surface area contributed by atoms with Gasteiger partial charge in [0, 0.05) is 37.3 Å². The van der Waals surface area contributed by atoms with Gasteiger partial charge in [-0.1, -0.05) is 24.4 Å². The predicted octanol–water partition coefficient (Wildman–Crippen LogP) is 3.37. The lowest BCUT2D eigenvalue weighted by Gasteiger charge is -2.30. The summed E-state index contributed by atoms with van der Waals surface area (Å²) in [5, 5.41) is 6.38. The molecular weight excluding hydrogens is 508 g/mol. The molecule has 3 amide bonds. The Hall–Kier alpha value is -3.11. The van der Waals surface area contributed by atoms with Gasteiger partial charge < -0.3 is 30.6 Å². The van der Waals surface area contributed by atoms with E-state index in [0.29, 0.717) is 62.1 Å². The molecule has 38 heavy (non-hydrogen) atoms. The summed E-state index contributed by atoms with van der Waals surface area (Å²) in [5.41, 5.74) is 7.48. The molecule has 2 aliphatic carbocycles. The Bertz CT molecular complexity index is 1180. The van der Waals surface area contributed by atoms with Crippen molar-refractivity contribution in [3.63, 3.8) is 0 Å². The van der Waals surface area contributed by atoms with Gasteiger partial charge in [-0.2, -0.15) is 0 Å². The maximum absolute atomic E-state index is 13.1. The number of nitrogens with one attached hydrogen (secondary N) is 2. The van der Waals surface area contributed by atoms with Crippen molar-refractivity contribution in [3.05, 3.63) is 40.9 Å². The highest BCUT2D eigenvalue weighted by atomic mass is 35.5. The predicted molar refractivity (Wildman–Crippen MR) is 145 cm³/mol. The molecule has 5 rings (SSSR count). The molecule has 4 N–H and O–H groups in total. The highest BCUT2D eigenvalue weighted by molar-refractivity contribution is 6.33. The van der Waals surface area contributed by atoms with Gasteiger partial charge in [0.2, 0.25) is 5.91 Å².